The fraction of sp³-hybridized carbons (Fsp3) is 0.357. The minimum atomic E-state index is -1.14. The van der Waals surface area contributed by atoms with Crippen LogP contribution in [0.4, 0.5) is 11.4 Å². The summed E-state index contributed by atoms with van der Waals surface area (Å²) in [4.78, 5) is 41.5. The van der Waals surface area contributed by atoms with E-state index in [4.69, 9.17) is 25.7 Å². The summed E-state index contributed by atoms with van der Waals surface area (Å²) in [6.07, 6.45) is 0.649. The third-order valence-corrected chi connectivity index (χ3v) is 7.39. The minimum absolute atomic E-state index is 0.0258. The molecule has 12 heteroatoms. The van der Waals surface area contributed by atoms with Crippen LogP contribution in [0.5, 0.6) is 17.2 Å². The van der Waals surface area contributed by atoms with Crippen LogP contribution in [0.15, 0.2) is 42.5 Å². The molecule has 0 saturated carbocycles. The molecule has 0 spiro atoms. The predicted octanol–water partition coefficient (Wildman–Crippen LogP) is 3.69. The van der Waals surface area contributed by atoms with Gasteiger partial charge in [0.2, 0.25) is 5.91 Å². The van der Waals surface area contributed by atoms with Gasteiger partial charge >= 0.3 is 0 Å². The molecular formula is C28H33N5O6S. The van der Waals surface area contributed by atoms with Crippen molar-refractivity contribution in [3.8, 4) is 17.2 Å². The van der Waals surface area contributed by atoms with Gasteiger partial charge in [0, 0.05) is 17.3 Å². The zero-order valence-corrected chi connectivity index (χ0v) is 23.7. The van der Waals surface area contributed by atoms with E-state index in [1.165, 1.54) is 4.90 Å². The Kier molecular flexibility index (Phi) is 8.48. The number of fused-ring (bicyclic) bond motifs is 1. The molecule has 3 amide bonds. The zero-order valence-electron chi connectivity index (χ0n) is 22.9. The first-order valence-electron chi connectivity index (χ1n) is 12.9. The van der Waals surface area contributed by atoms with Crippen molar-refractivity contribution in [2.45, 2.75) is 45.7 Å². The summed E-state index contributed by atoms with van der Waals surface area (Å²) in [7, 11) is 0. The van der Waals surface area contributed by atoms with E-state index in [2.05, 4.69) is 9.69 Å². The van der Waals surface area contributed by atoms with Gasteiger partial charge in [-0.1, -0.05) is 19.1 Å². The van der Waals surface area contributed by atoms with Crippen LogP contribution in [-0.4, -0.2) is 47.5 Å². The van der Waals surface area contributed by atoms with Gasteiger partial charge in [-0.25, -0.2) is 0 Å². The highest BCUT2D eigenvalue weighted by Crippen LogP contribution is 2.39. The largest absolute Gasteiger partial charge is 0.494 e. The molecule has 1 aliphatic rings. The Labute approximate surface area is 236 Å². The lowest BCUT2D eigenvalue weighted by Crippen LogP contribution is -2.50. The summed E-state index contributed by atoms with van der Waals surface area (Å²) in [5.41, 5.74) is 11.5. The molecule has 0 aliphatic carbocycles. The third-order valence-electron chi connectivity index (χ3n) is 6.54. The molecule has 0 fully saturated rings. The lowest BCUT2D eigenvalue weighted by atomic mass is 9.98. The van der Waals surface area contributed by atoms with Crippen LogP contribution in [0.25, 0.3) is 0 Å². The number of carbonyl (C=O) groups excluding carboxylic acids is 3. The highest BCUT2D eigenvalue weighted by atomic mass is 32.1. The number of anilines is 2. The molecule has 2 heterocycles. The van der Waals surface area contributed by atoms with Gasteiger partial charge < -0.3 is 31.0 Å². The van der Waals surface area contributed by atoms with Crippen molar-refractivity contribution in [1.82, 2.24) is 9.69 Å². The lowest BCUT2D eigenvalue weighted by molar-refractivity contribution is -0.124. The fourth-order valence-electron chi connectivity index (χ4n) is 4.12. The Hall–Kier alpha value is -4.32. The SMILES string of the molecule is CCOc1ccc([C@H](C(=O)NC(C)(C)CC)N(C(=O)c2snc(C(N)=O)c2N)c2ccc3c(c2)OCCO3)cc1. The smallest absolute Gasteiger partial charge is 0.273 e. The molecule has 0 bridgehead atoms. The van der Waals surface area contributed by atoms with E-state index < -0.39 is 29.3 Å². The van der Waals surface area contributed by atoms with Crippen molar-refractivity contribution in [1.29, 1.82) is 0 Å². The summed E-state index contributed by atoms with van der Waals surface area (Å²) in [6.45, 7) is 8.83. The number of nitrogens with zero attached hydrogens (tertiary/aromatic N) is 2. The highest BCUT2D eigenvalue weighted by molar-refractivity contribution is 7.09. The van der Waals surface area contributed by atoms with Gasteiger partial charge in [0.15, 0.2) is 17.2 Å². The van der Waals surface area contributed by atoms with E-state index >= 15 is 0 Å². The molecule has 1 atom stereocenters. The van der Waals surface area contributed by atoms with Crippen molar-refractivity contribution in [3.05, 3.63) is 58.6 Å². The van der Waals surface area contributed by atoms with Crippen molar-refractivity contribution < 1.29 is 28.6 Å². The first kappa shape index (κ1) is 28.7. The third kappa shape index (κ3) is 5.96. The van der Waals surface area contributed by atoms with E-state index in [1.54, 1.807) is 42.5 Å². The summed E-state index contributed by atoms with van der Waals surface area (Å²) >= 11 is 0.741. The maximum absolute atomic E-state index is 14.3. The summed E-state index contributed by atoms with van der Waals surface area (Å²) < 4.78 is 21.0. The van der Waals surface area contributed by atoms with Crippen LogP contribution < -0.4 is 35.9 Å². The number of amides is 3. The maximum atomic E-state index is 14.3. The van der Waals surface area contributed by atoms with E-state index in [-0.39, 0.29) is 16.3 Å². The molecule has 40 heavy (non-hydrogen) atoms. The Morgan fingerprint density at radius 3 is 2.38 bits per heavy atom. The van der Waals surface area contributed by atoms with Crippen LogP contribution in [0.3, 0.4) is 0 Å². The first-order chi connectivity index (χ1) is 19.1. The average molecular weight is 568 g/mol. The molecule has 0 unspecified atom stereocenters. The standard InChI is InChI=1S/C28H33N5O6S/c1-5-28(3,4)31-26(35)23(16-7-10-18(11-8-16)37-6-2)33(17-9-12-19-20(15-17)39-14-13-38-19)27(36)24-21(29)22(25(30)34)32-40-24/h7-12,15,23H,5-6,13-14,29H2,1-4H3,(H2,30,34)(H,31,35)/t23-/m1/s1. The Bertz CT molecular complexity index is 1400. The molecule has 0 radical (unpaired) electrons. The molecule has 4 rings (SSSR count). The number of carbonyl (C=O) groups is 3. The number of benzene rings is 2. The van der Waals surface area contributed by atoms with Gasteiger partial charge in [-0.2, -0.15) is 4.37 Å². The second kappa shape index (κ2) is 11.8. The van der Waals surface area contributed by atoms with Crippen molar-refractivity contribution in [2.75, 3.05) is 30.5 Å². The summed E-state index contributed by atoms with van der Waals surface area (Å²) in [5, 5.41) is 3.06. The highest BCUT2D eigenvalue weighted by Gasteiger charge is 2.38. The number of aromatic nitrogens is 1. The predicted molar refractivity (Wildman–Crippen MR) is 152 cm³/mol. The number of nitrogens with two attached hydrogens (primary N) is 2. The number of rotatable bonds is 10. The molecular weight excluding hydrogens is 534 g/mol. The van der Waals surface area contributed by atoms with Crippen LogP contribution in [0.2, 0.25) is 0 Å². The van der Waals surface area contributed by atoms with Crippen LogP contribution in [-0.2, 0) is 4.79 Å². The van der Waals surface area contributed by atoms with Gasteiger partial charge in [0.1, 0.15) is 29.9 Å². The Balaban J connectivity index is 1.90. The number of hydrogen-bond acceptors (Lipinski definition) is 9. The number of hydrogen-bond donors (Lipinski definition) is 3. The van der Waals surface area contributed by atoms with Gasteiger partial charge in [0.05, 0.1) is 12.3 Å². The molecule has 2 aromatic carbocycles. The van der Waals surface area contributed by atoms with Gasteiger partial charge in [-0.3, -0.25) is 19.3 Å². The van der Waals surface area contributed by atoms with Crippen LogP contribution in [0, 0.1) is 0 Å². The molecule has 5 N–H and O–H groups in total. The van der Waals surface area contributed by atoms with E-state index in [0.29, 0.717) is 54.7 Å². The number of primary amides is 1. The topological polar surface area (TPSA) is 159 Å². The number of ether oxygens (including phenoxy) is 3. The Morgan fingerprint density at radius 1 is 1.10 bits per heavy atom. The van der Waals surface area contributed by atoms with Gasteiger partial charge in [-0.05, 0) is 68.6 Å². The average Bonchev–Trinajstić information content (AvgIpc) is 3.33. The van der Waals surface area contributed by atoms with Crippen molar-refractivity contribution >= 4 is 40.6 Å². The fourth-order valence-corrected chi connectivity index (χ4v) is 4.87. The van der Waals surface area contributed by atoms with Crippen LogP contribution >= 0.6 is 11.5 Å². The molecule has 212 valence electrons. The molecule has 3 aromatic rings. The quantitative estimate of drug-likeness (QED) is 0.335. The van der Waals surface area contributed by atoms with E-state index in [1.807, 2.05) is 27.7 Å². The lowest BCUT2D eigenvalue weighted by Gasteiger charge is -2.35. The number of nitrogens with one attached hydrogen (secondary N) is 1. The molecule has 11 nitrogen and oxygen atoms in total. The van der Waals surface area contributed by atoms with Gasteiger partial charge in [-0.15, -0.1) is 0 Å². The molecule has 1 aromatic heterocycles. The summed E-state index contributed by atoms with van der Waals surface area (Å²) in [5.74, 6) is -0.347. The Morgan fingerprint density at radius 2 is 1.77 bits per heavy atom. The number of nitrogen functional groups attached to an aromatic ring is 1. The first-order valence-corrected chi connectivity index (χ1v) is 13.7. The summed E-state index contributed by atoms with van der Waals surface area (Å²) in [6, 6.07) is 10.8. The van der Waals surface area contributed by atoms with E-state index in [9.17, 15) is 14.4 Å². The second-order valence-electron chi connectivity index (χ2n) is 9.77. The van der Waals surface area contributed by atoms with Crippen molar-refractivity contribution in [3.63, 3.8) is 0 Å². The molecule has 0 saturated heterocycles. The van der Waals surface area contributed by atoms with Crippen molar-refractivity contribution in [2.24, 2.45) is 5.73 Å². The van der Waals surface area contributed by atoms with Crippen LogP contribution in [0.1, 0.15) is 65.9 Å². The monoisotopic (exact) mass is 567 g/mol. The minimum Gasteiger partial charge on any atom is -0.494 e. The van der Waals surface area contributed by atoms with Gasteiger partial charge in [0.25, 0.3) is 11.8 Å². The van der Waals surface area contributed by atoms with E-state index in [0.717, 1.165) is 11.5 Å². The molecule has 1 aliphatic heterocycles. The second-order valence-corrected chi connectivity index (χ2v) is 10.5. The zero-order chi connectivity index (χ0) is 29.0. The normalized spacial score (nSPS) is 13.3. The maximum Gasteiger partial charge on any atom is 0.273 e.